The summed E-state index contributed by atoms with van der Waals surface area (Å²) in [5.41, 5.74) is -1.01. The fourth-order valence-corrected chi connectivity index (χ4v) is 2.87. The third kappa shape index (κ3) is 5.05. The molecule has 2 rings (SSSR count). The molecule has 0 N–H and O–H groups in total. The zero-order valence-electron chi connectivity index (χ0n) is 15.4. The molecule has 0 bridgehead atoms. The first kappa shape index (κ1) is 21.8. The first-order chi connectivity index (χ1) is 13.8. The number of carbonyl (C=O) groups is 2. The van der Waals surface area contributed by atoms with E-state index in [9.17, 15) is 24.5 Å². The van der Waals surface area contributed by atoms with Crippen LogP contribution in [0.2, 0.25) is 5.02 Å². The molecule has 1 unspecified atom stereocenters. The maximum absolute atomic E-state index is 13.2. The predicted molar refractivity (Wildman–Crippen MR) is 109 cm³/mol. The Bertz CT molecular complexity index is 1020. The second-order valence-electron chi connectivity index (χ2n) is 5.99. The molecule has 0 radical (unpaired) electrons. The Kier molecular flexibility index (Phi) is 7.21. The molecule has 150 valence electrons. The molecular weight excluding hydrogens is 398 g/mol. The molecule has 0 aliphatic rings. The van der Waals surface area contributed by atoms with E-state index in [0.29, 0.717) is 0 Å². The maximum Gasteiger partial charge on any atom is 0.270 e. The largest absolute Gasteiger partial charge is 0.333 e. The number of rotatable bonds is 9. The molecule has 1 aromatic carbocycles. The molecule has 0 aliphatic carbocycles. The SMILES string of the molecule is C=CCN(CC=C)C(=O)C(C(=O)c1cccc([N+](=O)[O-])c1)n1cc(Cl)ccc1=O. The number of carbonyl (C=O) groups excluding carboxylic acids is 2. The van der Waals surface area contributed by atoms with Gasteiger partial charge >= 0.3 is 0 Å². The number of hydrogen-bond acceptors (Lipinski definition) is 5. The summed E-state index contributed by atoms with van der Waals surface area (Å²) >= 11 is 5.97. The molecule has 0 fully saturated rings. The van der Waals surface area contributed by atoms with Crippen LogP contribution in [0.3, 0.4) is 0 Å². The van der Waals surface area contributed by atoms with Crippen LogP contribution < -0.4 is 5.56 Å². The van der Waals surface area contributed by atoms with E-state index in [1.165, 1.54) is 47.5 Å². The van der Waals surface area contributed by atoms with Crippen molar-refractivity contribution in [2.24, 2.45) is 0 Å². The number of Topliss-reactive ketones (excluding diaryl/α,β-unsaturated/α-hetero) is 1. The quantitative estimate of drug-likeness (QED) is 0.206. The summed E-state index contributed by atoms with van der Waals surface area (Å²) in [4.78, 5) is 50.5. The van der Waals surface area contributed by atoms with Crippen LogP contribution in [0.15, 0.2) is 72.7 Å². The molecule has 0 aliphatic heterocycles. The molecule has 1 aromatic heterocycles. The van der Waals surface area contributed by atoms with E-state index in [2.05, 4.69) is 13.2 Å². The van der Waals surface area contributed by atoms with E-state index < -0.39 is 28.2 Å². The number of nitro groups is 1. The number of amides is 1. The lowest BCUT2D eigenvalue weighted by Crippen LogP contribution is -2.44. The van der Waals surface area contributed by atoms with Gasteiger partial charge in [-0.25, -0.2) is 0 Å². The highest BCUT2D eigenvalue weighted by Crippen LogP contribution is 2.21. The number of pyridine rings is 1. The van der Waals surface area contributed by atoms with E-state index in [0.717, 1.165) is 16.7 Å². The zero-order valence-corrected chi connectivity index (χ0v) is 16.1. The van der Waals surface area contributed by atoms with Crippen molar-refractivity contribution in [2.45, 2.75) is 6.04 Å². The van der Waals surface area contributed by atoms with Crippen molar-refractivity contribution in [3.05, 3.63) is 99.0 Å². The van der Waals surface area contributed by atoms with Gasteiger partial charge in [0.1, 0.15) is 0 Å². The average Bonchev–Trinajstić information content (AvgIpc) is 2.70. The van der Waals surface area contributed by atoms with Crippen LogP contribution in [0.1, 0.15) is 16.4 Å². The van der Waals surface area contributed by atoms with Gasteiger partial charge in [-0.15, -0.1) is 13.2 Å². The molecule has 9 heteroatoms. The van der Waals surface area contributed by atoms with Crippen molar-refractivity contribution >= 4 is 29.0 Å². The Morgan fingerprint density at radius 1 is 1.21 bits per heavy atom. The van der Waals surface area contributed by atoms with Gasteiger partial charge in [-0.3, -0.25) is 29.1 Å². The lowest BCUT2D eigenvalue weighted by molar-refractivity contribution is -0.384. The standard InChI is InChI=1S/C20H18ClN3O5/c1-3-10-22(11-4-2)20(27)18(23-13-15(21)8-9-17(23)25)19(26)14-6-5-7-16(12-14)24(28)29/h3-9,12-13,18H,1-2,10-11H2. The Labute approximate surface area is 171 Å². The van der Waals surface area contributed by atoms with E-state index in [-0.39, 0.29) is 29.4 Å². The van der Waals surface area contributed by atoms with Gasteiger partial charge in [0.15, 0.2) is 11.8 Å². The maximum atomic E-state index is 13.2. The predicted octanol–water partition coefficient (Wildman–Crippen LogP) is 3.03. The molecular formula is C20H18ClN3O5. The second-order valence-corrected chi connectivity index (χ2v) is 6.42. The number of non-ortho nitro benzene ring substituents is 1. The third-order valence-corrected chi connectivity index (χ3v) is 4.24. The highest BCUT2D eigenvalue weighted by molar-refractivity contribution is 6.30. The summed E-state index contributed by atoms with van der Waals surface area (Å²) in [5, 5.41) is 11.2. The van der Waals surface area contributed by atoms with E-state index >= 15 is 0 Å². The van der Waals surface area contributed by atoms with Crippen LogP contribution >= 0.6 is 11.6 Å². The Hall–Kier alpha value is -3.52. The van der Waals surface area contributed by atoms with Gasteiger partial charge in [-0.05, 0) is 6.07 Å². The van der Waals surface area contributed by atoms with Crippen LogP contribution in [0.4, 0.5) is 5.69 Å². The highest BCUT2D eigenvalue weighted by Gasteiger charge is 2.33. The van der Waals surface area contributed by atoms with Crippen LogP contribution in [-0.4, -0.2) is 39.2 Å². The van der Waals surface area contributed by atoms with Crippen molar-refractivity contribution in [3.63, 3.8) is 0 Å². The smallest absolute Gasteiger partial charge is 0.270 e. The Morgan fingerprint density at radius 2 is 1.86 bits per heavy atom. The molecule has 1 heterocycles. The fraction of sp³-hybridized carbons (Fsp3) is 0.150. The van der Waals surface area contributed by atoms with Crippen molar-refractivity contribution in [1.29, 1.82) is 0 Å². The molecule has 0 spiro atoms. The summed E-state index contributed by atoms with van der Waals surface area (Å²) < 4.78 is 0.922. The van der Waals surface area contributed by atoms with Crippen molar-refractivity contribution in [2.75, 3.05) is 13.1 Å². The van der Waals surface area contributed by atoms with E-state index in [4.69, 9.17) is 11.6 Å². The van der Waals surface area contributed by atoms with E-state index in [1.54, 1.807) is 0 Å². The van der Waals surface area contributed by atoms with Crippen molar-refractivity contribution < 1.29 is 14.5 Å². The number of nitro benzene ring substituents is 1. The molecule has 1 atom stereocenters. The fourth-order valence-electron chi connectivity index (χ4n) is 2.71. The van der Waals surface area contributed by atoms with Gasteiger partial charge in [0.25, 0.3) is 17.2 Å². The summed E-state index contributed by atoms with van der Waals surface area (Å²) in [5.74, 6) is -1.47. The second kappa shape index (κ2) is 9.61. The molecule has 29 heavy (non-hydrogen) atoms. The van der Waals surface area contributed by atoms with Gasteiger partial charge in [-0.2, -0.15) is 0 Å². The molecule has 0 saturated heterocycles. The highest BCUT2D eigenvalue weighted by atomic mass is 35.5. The number of nitrogens with zero attached hydrogens (tertiary/aromatic N) is 3. The van der Waals surface area contributed by atoms with Crippen LogP contribution in [-0.2, 0) is 4.79 Å². The number of aromatic nitrogens is 1. The lowest BCUT2D eigenvalue weighted by Gasteiger charge is -2.26. The van der Waals surface area contributed by atoms with Gasteiger partial charge < -0.3 is 4.90 Å². The average molecular weight is 416 g/mol. The normalized spacial score (nSPS) is 11.3. The van der Waals surface area contributed by atoms with Gasteiger partial charge in [-0.1, -0.05) is 35.9 Å². The monoisotopic (exact) mass is 415 g/mol. The van der Waals surface area contributed by atoms with Crippen molar-refractivity contribution in [1.82, 2.24) is 9.47 Å². The Morgan fingerprint density at radius 3 is 2.45 bits per heavy atom. The lowest BCUT2D eigenvalue weighted by atomic mass is 10.0. The number of benzene rings is 1. The minimum Gasteiger partial charge on any atom is -0.333 e. The van der Waals surface area contributed by atoms with Crippen molar-refractivity contribution in [3.8, 4) is 0 Å². The summed E-state index contributed by atoms with van der Waals surface area (Å²) in [6.07, 6.45) is 4.12. The molecule has 2 aromatic rings. The minimum atomic E-state index is -1.59. The van der Waals surface area contributed by atoms with Gasteiger partial charge in [0.2, 0.25) is 0 Å². The van der Waals surface area contributed by atoms with Gasteiger partial charge in [0, 0.05) is 43.0 Å². The number of hydrogen-bond donors (Lipinski definition) is 0. The molecule has 0 saturated carbocycles. The molecule has 1 amide bonds. The van der Waals surface area contributed by atoms with Crippen LogP contribution in [0.5, 0.6) is 0 Å². The first-order valence-corrected chi connectivity index (χ1v) is 8.85. The van der Waals surface area contributed by atoms with E-state index in [1.807, 2.05) is 0 Å². The third-order valence-electron chi connectivity index (χ3n) is 4.01. The zero-order chi connectivity index (χ0) is 21.6. The number of ketones is 1. The van der Waals surface area contributed by atoms with Gasteiger partial charge in [0.05, 0.1) is 9.95 Å². The minimum absolute atomic E-state index is 0.0819. The van der Waals surface area contributed by atoms with Crippen LogP contribution in [0.25, 0.3) is 0 Å². The van der Waals surface area contributed by atoms with Crippen LogP contribution in [0, 0.1) is 10.1 Å². The first-order valence-electron chi connectivity index (χ1n) is 8.47. The molecule has 8 nitrogen and oxygen atoms in total. The summed E-state index contributed by atoms with van der Waals surface area (Å²) in [7, 11) is 0. The topological polar surface area (TPSA) is 103 Å². The summed E-state index contributed by atoms with van der Waals surface area (Å²) in [6, 6.07) is 5.84. The summed E-state index contributed by atoms with van der Waals surface area (Å²) in [6.45, 7) is 7.39. The number of halogens is 1. The Balaban J connectivity index is 2.63.